The first-order chi connectivity index (χ1) is 15.2. The van der Waals surface area contributed by atoms with Gasteiger partial charge in [-0.2, -0.15) is 0 Å². The summed E-state index contributed by atoms with van der Waals surface area (Å²) in [5.74, 6) is 0.946. The summed E-state index contributed by atoms with van der Waals surface area (Å²) in [6.07, 6.45) is 7.38. The van der Waals surface area contributed by atoms with Gasteiger partial charge in [0.15, 0.2) is 5.78 Å². The highest BCUT2D eigenvalue weighted by Crippen LogP contribution is 2.16. The molecule has 162 valence electrons. The number of carbonyl (C=O) groups excluding carboxylic acids is 1. The van der Waals surface area contributed by atoms with E-state index < -0.39 is 0 Å². The molecule has 0 saturated carbocycles. The van der Waals surface area contributed by atoms with Crippen LogP contribution in [-0.2, 0) is 17.9 Å². The van der Waals surface area contributed by atoms with Crippen molar-refractivity contribution in [3.63, 3.8) is 0 Å². The van der Waals surface area contributed by atoms with Gasteiger partial charge in [-0.1, -0.05) is 54.6 Å². The molecule has 1 fully saturated rings. The Labute approximate surface area is 184 Å². The van der Waals surface area contributed by atoms with Crippen LogP contribution in [0, 0.1) is 0 Å². The molecule has 0 spiro atoms. The Bertz CT molecular complexity index is 913. The fourth-order valence-corrected chi connectivity index (χ4v) is 3.89. The second kappa shape index (κ2) is 10.4. The van der Waals surface area contributed by atoms with E-state index in [0.29, 0.717) is 19.7 Å². The molecule has 1 saturated heterocycles. The van der Waals surface area contributed by atoms with E-state index in [1.807, 2.05) is 77.8 Å². The molecule has 0 aromatic heterocycles. The summed E-state index contributed by atoms with van der Waals surface area (Å²) < 4.78 is 5.83. The maximum Gasteiger partial charge on any atom is 0.182 e. The minimum Gasteiger partial charge on any atom is -0.489 e. The minimum atomic E-state index is -0.151. The minimum absolute atomic E-state index is 0.111. The highest BCUT2D eigenvalue weighted by molar-refractivity contribution is 5.97. The number of ether oxygens (including phenoxy) is 1. The largest absolute Gasteiger partial charge is 0.489 e. The smallest absolute Gasteiger partial charge is 0.182 e. The van der Waals surface area contributed by atoms with E-state index in [0.717, 1.165) is 49.4 Å². The SMILES string of the molecule is O=C(CN1C=CC(OCc2ccccc2)=CC1)c1ccc(CN2CCC(O)CC2)cc1. The van der Waals surface area contributed by atoms with Gasteiger partial charge in [-0.25, -0.2) is 0 Å². The van der Waals surface area contributed by atoms with Crippen molar-refractivity contribution >= 4 is 5.78 Å². The van der Waals surface area contributed by atoms with Crippen molar-refractivity contribution in [3.8, 4) is 0 Å². The van der Waals surface area contributed by atoms with Gasteiger partial charge >= 0.3 is 0 Å². The number of Topliss-reactive ketones (excluding diaryl/α,β-unsaturated/α-hetero) is 1. The van der Waals surface area contributed by atoms with Crippen LogP contribution in [0.1, 0.15) is 34.3 Å². The Morgan fingerprint density at radius 2 is 1.74 bits per heavy atom. The summed E-state index contributed by atoms with van der Waals surface area (Å²) in [4.78, 5) is 17.0. The molecule has 2 aliphatic rings. The van der Waals surface area contributed by atoms with Crippen molar-refractivity contribution in [2.45, 2.75) is 32.1 Å². The van der Waals surface area contributed by atoms with Gasteiger partial charge in [0.25, 0.3) is 0 Å². The fourth-order valence-electron chi connectivity index (χ4n) is 3.89. The Morgan fingerprint density at radius 3 is 2.42 bits per heavy atom. The number of aliphatic hydroxyl groups is 1. The van der Waals surface area contributed by atoms with Crippen molar-refractivity contribution in [1.82, 2.24) is 9.80 Å². The summed E-state index contributed by atoms with van der Waals surface area (Å²) in [5, 5.41) is 9.63. The summed E-state index contributed by atoms with van der Waals surface area (Å²) in [7, 11) is 0. The van der Waals surface area contributed by atoms with Crippen molar-refractivity contribution in [1.29, 1.82) is 0 Å². The summed E-state index contributed by atoms with van der Waals surface area (Å²) in [6.45, 7) is 4.27. The van der Waals surface area contributed by atoms with E-state index in [1.165, 1.54) is 5.56 Å². The molecule has 2 heterocycles. The molecule has 2 aliphatic heterocycles. The molecular weight excluding hydrogens is 388 g/mol. The normalized spacial score (nSPS) is 17.5. The van der Waals surface area contributed by atoms with E-state index >= 15 is 0 Å². The first kappa shape index (κ1) is 21.3. The monoisotopic (exact) mass is 418 g/mol. The van der Waals surface area contributed by atoms with Crippen molar-refractivity contribution < 1.29 is 14.6 Å². The lowest BCUT2D eigenvalue weighted by atomic mass is 10.0. The lowest BCUT2D eigenvalue weighted by Gasteiger charge is -2.29. The van der Waals surface area contributed by atoms with E-state index in [4.69, 9.17) is 4.74 Å². The van der Waals surface area contributed by atoms with E-state index in [2.05, 4.69) is 4.90 Å². The van der Waals surface area contributed by atoms with Gasteiger partial charge in [-0.3, -0.25) is 9.69 Å². The Morgan fingerprint density at radius 1 is 1.00 bits per heavy atom. The van der Waals surface area contributed by atoms with Gasteiger partial charge in [0, 0.05) is 37.9 Å². The number of hydrogen-bond donors (Lipinski definition) is 1. The van der Waals surface area contributed by atoms with Crippen LogP contribution in [0.3, 0.4) is 0 Å². The van der Waals surface area contributed by atoms with Crippen LogP contribution in [0.2, 0.25) is 0 Å². The lowest BCUT2D eigenvalue weighted by molar-refractivity contribution is 0.0792. The Kier molecular flexibility index (Phi) is 7.18. The zero-order chi connectivity index (χ0) is 21.5. The van der Waals surface area contributed by atoms with Crippen LogP contribution >= 0.6 is 0 Å². The van der Waals surface area contributed by atoms with Crippen LogP contribution < -0.4 is 0 Å². The number of rotatable bonds is 8. The molecule has 31 heavy (non-hydrogen) atoms. The maximum atomic E-state index is 12.7. The molecule has 1 N–H and O–H groups in total. The second-order valence-corrected chi connectivity index (χ2v) is 8.25. The third-order valence-corrected chi connectivity index (χ3v) is 5.81. The highest BCUT2D eigenvalue weighted by atomic mass is 16.5. The standard InChI is InChI=1S/C26H30N2O3/c29-24-10-14-27(15-11-24)18-21-6-8-23(9-7-21)26(30)19-28-16-12-25(13-17-28)31-20-22-4-2-1-3-5-22/h1-9,12-13,16,24,29H,10-11,14-15,17-20H2. The van der Waals surface area contributed by atoms with Crippen molar-refractivity contribution in [2.24, 2.45) is 0 Å². The molecular formula is C26H30N2O3. The number of nitrogens with zero attached hydrogens (tertiary/aromatic N) is 2. The Balaban J connectivity index is 1.22. The molecule has 0 atom stereocenters. The number of allylic oxidation sites excluding steroid dienone is 1. The third kappa shape index (κ3) is 6.29. The number of aliphatic hydroxyl groups excluding tert-OH is 1. The molecule has 0 radical (unpaired) electrons. The van der Waals surface area contributed by atoms with Crippen LogP contribution in [0.4, 0.5) is 0 Å². The number of piperidine rings is 1. The van der Waals surface area contributed by atoms with Crippen LogP contribution in [0.25, 0.3) is 0 Å². The van der Waals surface area contributed by atoms with E-state index in [9.17, 15) is 9.90 Å². The third-order valence-electron chi connectivity index (χ3n) is 5.81. The molecule has 5 heteroatoms. The van der Waals surface area contributed by atoms with Crippen molar-refractivity contribution in [3.05, 3.63) is 95.4 Å². The van der Waals surface area contributed by atoms with Gasteiger partial charge < -0.3 is 14.7 Å². The molecule has 4 rings (SSSR count). The van der Waals surface area contributed by atoms with E-state index in [1.54, 1.807) is 0 Å². The Hall–Kier alpha value is -2.89. The van der Waals surface area contributed by atoms with Crippen LogP contribution in [-0.4, -0.2) is 53.0 Å². The average Bonchev–Trinajstić information content (AvgIpc) is 2.81. The van der Waals surface area contributed by atoms with Crippen LogP contribution in [0.15, 0.2) is 78.7 Å². The number of likely N-dealkylation sites (tertiary alicyclic amines) is 1. The number of carbonyl (C=O) groups is 1. The van der Waals surface area contributed by atoms with Gasteiger partial charge in [0.1, 0.15) is 12.4 Å². The highest BCUT2D eigenvalue weighted by Gasteiger charge is 2.17. The molecule has 0 bridgehead atoms. The molecule has 0 amide bonds. The van der Waals surface area contributed by atoms with Gasteiger partial charge in [-0.05, 0) is 36.1 Å². The lowest BCUT2D eigenvalue weighted by Crippen LogP contribution is -2.35. The topological polar surface area (TPSA) is 53.0 Å². The first-order valence-electron chi connectivity index (χ1n) is 11.0. The molecule has 0 aliphatic carbocycles. The first-order valence-corrected chi connectivity index (χ1v) is 11.0. The maximum absolute atomic E-state index is 12.7. The summed E-state index contributed by atoms with van der Waals surface area (Å²) >= 11 is 0. The summed E-state index contributed by atoms with van der Waals surface area (Å²) in [5.41, 5.74) is 3.08. The predicted octanol–water partition coefficient (Wildman–Crippen LogP) is 3.76. The van der Waals surface area contributed by atoms with Gasteiger partial charge in [-0.15, -0.1) is 0 Å². The second-order valence-electron chi connectivity index (χ2n) is 8.25. The van der Waals surface area contributed by atoms with Gasteiger partial charge in [0.05, 0.1) is 12.6 Å². The molecule has 5 nitrogen and oxygen atoms in total. The summed E-state index contributed by atoms with van der Waals surface area (Å²) in [6, 6.07) is 18.0. The van der Waals surface area contributed by atoms with Crippen LogP contribution in [0.5, 0.6) is 0 Å². The van der Waals surface area contributed by atoms with Crippen molar-refractivity contribution in [2.75, 3.05) is 26.2 Å². The fraction of sp³-hybridized carbons (Fsp3) is 0.346. The quantitative estimate of drug-likeness (QED) is 0.662. The van der Waals surface area contributed by atoms with Gasteiger partial charge in [0.2, 0.25) is 0 Å². The number of benzene rings is 2. The molecule has 2 aromatic carbocycles. The number of ketones is 1. The predicted molar refractivity (Wildman–Crippen MR) is 121 cm³/mol. The number of hydrogen-bond acceptors (Lipinski definition) is 5. The zero-order valence-corrected chi connectivity index (χ0v) is 17.8. The average molecular weight is 419 g/mol. The zero-order valence-electron chi connectivity index (χ0n) is 17.8. The molecule has 2 aromatic rings. The van der Waals surface area contributed by atoms with E-state index in [-0.39, 0.29) is 11.9 Å². The molecule has 0 unspecified atom stereocenters.